The molecular weight excluding hydrogens is 779 g/mol. The van der Waals surface area contributed by atoms with E-state index in [9.17, 15) is 0 Å². The second-order valence-electron chi connectivity index (χ2n) is 17.1. The van der Waals surface area contributed by atoms with Crippen LogP contribution in [0.25, 0.3) is 82.8 Å². The first-order valence-corrected chi connectivity index (χ1v) is 22.5. The van der Waals surface area contributed by atoms with Gasteiger partial charge in [0.1, 0.15) is 12.0 Å². The van der Waals surface area contributed by atoms with Crippen LogP contribution in [0.2, 0.25) is 0 Å². The standard InChI is InChI=1S/C59H43N5/c1-3-17-38(18-4-1)44-22-9-10-27-49(44)58-60-57(40-20-5-2-6-21-40)61-59(62-58)56-45-23-8-7-19-39(45)32-34-54(56)64-53-30-16-13-26-48(53)50-36-42-35-43(33-31-41(42)37-55(50)64)63-51-28-14-11-24-46(51)47-25-12-15-29-52(47)63/h1,3-5,7-15,17-29,31-37,57H,2,6,16,30H2,(H,60,61,62). The highest BCUT2D eigenvalue weighted by molar-refractivity contribution is 6.21. The number of hydrogen-bond donors (Lipinski definition) is 1. The molecular formula is C59H43N5. The van der Waals surface area contributed by atoms with E-state index in [1.807, 2.05) is 0 Å². The molecule has 1 aliphatic heterocycles. The molecule has 0 spiro atoms. The second kappa shape index (κ2) is 14.8. The van der Waals surface area contributed by atoms with E-state index >= 15 is 0 Å². The molecule has 3 heterocycles. The Morgan fingerprint density at radius 2 is 1.23 bits per heavy atom. The summed E-state index contributed by atoms with van der Waals surface area (Å²) in [6.07, 6.45) is 15.2. The van der Waals surface area contributed by atoms with Gasteiger partial charge < -0.3 is 14.5 Å². The highest BCUT2D eigenvalue weighted by atomic mass is 15.2. The van der Waals surface area contributed by atoms with Crippen molar-refractivity contribution in [2.75, 3.05) is 0 Å². The number of para-hydroxylation sites is 2. The van der Waals surface area contributed by atoms with Crippen LogP contribution in [0.1, 0.15) is 41.6 Å². The third kappa shape index (κ3) is 5.85. The van der Waals surface area contributed by atoms with Crippen molar-refractivity contribution < 1.29 is 0 Å². The van der Waals surface area contributed by atoms with Crippen LogP contribution < -0.4 is 5.32 Å². The fraction of sp³-hybridized carbons (Fsp3) is 0.0847. The van der Waals surface area contributed by atoms with E-state index in [0.717, 1.165) is 81.9 Å². The Balaban J connectivity index is 1.03. The van der Waals surface area contributed by atoms with E-state index in [1.165, 1.54) is 60.1 Å². The molecule has 64 heavy (non-hydrogen) atoms. The Hall–Kier alpha value is -8.02. The summed E-state index contributed by atoms with van der Waals surface area (Å²) in [7, 11) is 0. The molecule has 5 heteroatoms. The third-order valence-electron chi connectivity index (χ3n) is 13.4. The van der Waals surface area contributed by atoms with Crippen molar-refractivity contribution in [2.45, 2.75) is 31.8 Å². The Bertz CT molecular complexity index is 3650. The third-order valence-corrected chi connectivity index (χ3v) is 13.4. The normalized spacial score (nSPS) is 16.0. The van der Waals surface area contributed by atoms with Crippen LogP contribution in [0.15, 0.2) is 210 Å². The molecule has 0 saturated heterocycles. The second-order valence-corrected chi connectivity index (χ2v) is 17.1. The van der Waals surface area contributed by atoms with E-state index < -0.39 is 0 Å². The van der Waals surface area contributed by atoms with Crippen LogP contribution in [0.3, 0.4) is 0 Å². The number of allylic oxidation sites excluding steroid dienone is 3. The highest BCUT2D eigenvalue weighted by Crippen LogP contribution is 2.41. The maximum atomic E-state index is 5.57. The molecule has 3 aliphatic rings. The molecule has 5 nitrogen and oxygen atoms in total. The summed E-state index contributed by atoms with van der Waals surface area (Å²) in [6.45, 7) is 0. The molecule has 0 radical (unpaired) electrons. The molecule has 1 N–H and O–H groups in total. The predicted octanol–water partition coefficient (Wildman–Crippen LogP) is 14.1. The summed E-state index contributed by atoms with van der Waals surface area (Å²) in [5, 5.41) is 12.4. The Kier molecular flexibility index (Phi) is 8.48. The van der Waals surface area contributed by atoms with Gasteiger partial charge in [0.15, 0.2) is 5.84 Å². The van der Waals surface area contributed by atoms with Crippen LogP contribution in [0.4, 0.5) is 0 Å². The lowest BCUT2D eigenvalue weighted by Gasteiger charge is -2.28. The van der Waals surface area contributed by atoms with Gasteiger partial charge in [-0.05, 0) is 106 Å². The zero-order valence-electron chi connectivity index (χ0n) is 35.2. The molecule has 0 saturated carbocycles. The zero-order chi connectivity index (χ0) is 42.1. The van der Waals surface area contributed by atoms with Crippen LogP contribution in [-0.4, -0.2) is 27.0 Å². The molecule has 8 aromatic carbocycles. The highest BCUT2D eigenvalue weighted by Gasteiger charge is 2.29. The molecule has 0 amide bonds. The number of fused-ring (bicyclic) bond motifs is 8. The van der Waals surface area contributed by atoms with Gasteiger partial charge in [-0.25, -0.2) is 9.98 Å². The van der Waals surface area contributed by atoms with Crippen molar-refractivity contribution in [3.63, 3.8) is 0 Å². The lowest BCUT2D eigenvalue weighted by atomic mass is 9.97. The van der Waals surface area contributed by atoms with Gasteiger partial charge >= 0.3 is 0 Å². The molecule has 1 unspecified atom stereocenters. The van der Waals surface area contributed by atoms with Gasteiger partial charge in [-0.3, -0.25) is 0 Å². The minimum absolute atomic E-state index is 0.305. The van der Waals surface area contributed by atoms with Crippen molar-refractivity contribution in [3.05, 3.63) is 222 Å². The van der Waals surface area contributed by atoms with E-state index in [1.54, 1.807) is 0 Å². The topological polar surface area (TPSA) is 46.6 Å². The van der Waals surface area contributed by atoms with Gasteiger partial charge in [0.2, 0.25) is 0 Å². The minimum Gasteiger partial charge on any atom is -0.344 e. The molecule has 2 aromatic heterocycles. The SMILES string of the molecule is C1=CC(C2N=C(c3ccccc3-c3ccccc3)N=C(c3c(-n4c5c(c6cc7cc(-n8c9ccccc9c9ccccc98)ccc7cc64)C=CCC5)ccc4ccccc34)N2)=CCC1. The largest absolute Gasteiger partial charge is 0.344 e. The minimum atomic E-state index is -0.305. The van der Waals surface area contributed by atoms with Crippen molar-refractivity contribution in [1.82, 2.24) is 14.5 Å². The molecule has 1 atom stereocenters. The summed E-state index contributed by atoms with van der Waals surface area (Å²) in [5.41, 5.74) is 14.0. The van der Waals surface area contributed by atoms with E-state index in [-0.39, 0.29) is 6.17 Å². The number of aromatic nitrogens is 2. The summed E-state index contributed by atoms with van der Waals surface area (Å²) in [5.74, 6) is 1.55. The number of amidine groups is 2. The fourth-order valence-electron chi connectivity index (χ4n) is 10.5. The quantitative estimate of drug-likeness (QED) is 0.178. The molecule has 304 valence electrons. The van der Waals surface area contributed by atoms with Gasteiger partial charge in [-0.15, -0.1) is 0 Å². The average molecular weight is 822 g/mol. The predicted molar refractivity (Wildman–Crippen MR) is 268 cm³/mol. The monoisotopic (exact) mass is 821 g/mol. The smallest absolute Gasteiger partial charge is 0.160 e. The van der Waals surface area contributed by atoms with Gasteiger partial charge in [0.25, 0.3) is 0 Å². The van der Waals surface area contributed by atoms with Crippen LogP contribution in [-0.2, 0) is 6.42 Å². The number of rotatable bonds is 6. The first-order chi connectivity index (χ1) is 31.7. The summed E-state index contributed by atoms with van der Waals surface area (Å²) in [4.78, 5) is 11.0. The lowest BCUT2D eigenvalue weighted by Crippen LogP contribution is -2.40. The van der Waals surface area contributed by atoms with Crippen molar-refractivity contribution in [2.24, 2.45) is 9.98 Å². The molecule has 2 aliphatic carbocycles. The Labute approximate surface area is 371 Å². The number of nitrogens with one attached hydrogen (secondary N) is 1. The van der Waals surface area contributed by atoms with Gasteiger partial charge in [0, 0.05) is 44.2 Å². The first-order valence-electron chi connectivity index (χ1n) is 22.5. The van der Waals surface area contributed by atoms with Gasteiger partial charge in [-0.1, -0.05) is 158 Å². The molecule has 0 fully saturated rings. The zero-order valence-corrected chi connectivity index (χ0v) is 35.2. The van der Waals surface area contributed by atoms with E-state index in [4.69, 9.17) is 9.98 Å². The summed E-state index contributed by atoms with van der Waals surface area (Å²) >= 11 is 0. The fourth-order valence-corrected chi connectivity index (χ4v) is 10.5. The van der Waals surface area contributed by atoms with Gasteiger partial charge in [-0.2, -0.15) is 0 Å². The number of hydrogen-bond acceptors (Lipinski definition) is 3. The van der Waals surface area contributed by atoms with Crippen molar-refractivity contribution >= 4 is 72.0 Å². The van der Waals surface area contributed by atoms with Crippen LogP contribution >= 0.6 is 0 Å². The van der Waals surface area contributed by atoms with Crippen molar-refractivity contribution in [1.29, 1.82) is 0 Å². The van der Waals surface area contributed by atoms with Gasteiger partial charge in [0.05, 0.1) is 22.2 Å². The van der Waals surface area contributed by atoms with E-state index in [2.05, 4.69) is 215 Å². The maximum Gasteiger partial charge on any atom is 0.160 e. The molecule has 0 bridgehead atoms. The molecule has 13 rings (SSSR count). The Morgan fingerprint density at radius 1 is 0.516 bits per heavy atom. The molecule has 10 aromatic rings. The number of benzene rings is 8. The van der Waals surface area contributed by atoms with Crippen LogP contribution in [0.5, 0.6) is 0 Å². The summed E-state index contributed by atoms with van der Waals surface area (Å²) in [6, 6.07) is 61.8. The van der Waals surface area contributed by atoms with Crippen molar-refractivity contribution in [3.8, 4) is 22.5 Å². The summed E-state index contributed by atoms with van der Waals surface area (Å²) < 4.78 is 4.95. The average Bonchev–Trinajstić information content (AvgIpc) is 3.88. The Morgan fingerprint density at radius 3 is 2.05 bits per heavy atom. The number of aliphatic imine (C=N–C) groups is 2. The van der Waals surface area contributed by atoms with Crippen LogP contribution in [0, 0.1) is 0 Å². The first kappa shape index (κ1) is 36.6. The number of nitrogens with zero attached hydrogens (tertiary/aromatic N) is 4. The lowest BCUT2D eigenvalue weighted by molar-refractivity contribution is 0.721. The van der Waals surface area contributed by atoms with E-state index in [0.29, 0.717) is 0 Å². The maximum absolute atomic E-state index is 5.57.